The van der Waals surface area contributed by atoms with Crippen LogP contribution < -0.4 is 5.32 Å². The molecule has 1 saturated carbocycles. The van der Waals surface area contributed by atoms with Gasteiger partial charge in [0, 0.05) is 6.54 Å². The first-order valence-electron chi connectivity index (χ1n) is 5.92. The summed E-state index contributed by atoms with van der Waals surface area (Å²) in [5, 5.41) is 15.6. The Morgan fingerprint density at radius 3 is 2.78 bits per heavy atom. The molecule has 0 saturated heterocycles. The molecule has 0 aliphatic heterocycles. The summed E-state index contributed by atoms with van der Waals surface area (Å²) in [6.45, 7) is 2.19. The van der Waals surface area contributed by atoms with Gasteiger partial charge in [-0.05, 0) is 30.8 Å². The molecule has 6 nitrogen and oxygen atoms in total. The summed E-state index contributed by atoms with van der Waals surface area (Å²) in [4.78, 5) is 23.4. The first-order valence-corrected chi connectivity index (χ1v) is 6.69. The Labute approximate surface area is 109 Å². The minimum Gasteiger partial charge on any atom is -0.481 e. The van der Waals surface area contributed by atoms with Crippen LogP contribution in [0.15, 0.2) is 0 Å². The van der Waals surface area contributed by atoms with E-state index in [1.165, 1.54) is 0 Å². The lowest BCUT2D eigenvalue weighted by Gasteiger charge is -2.10. The van der Waals surface area contributed by atoms with Crippen LogP contribution in [0.1, 0.15) is 41.6 Å². The maximum Gasteiger partial charge on any atom is 0.311 e. The maximum atomic E-state index is 11.9. The molecule has 1 aliphatic rings. The van der Waals surface area contributed by atoms with Crippen molar-refractivity contribution >= 4 is 23.4 Å². The van der Waals surface area contributed by atoms with Gasteiger partial charge in [0.15, 0.2) is 0 Å². The van der Waals surface area contributed by atoms with Crippen molar-refractivity contribution in [3.05, 3.63) is 10.6 Å². The van der Waals surface area contributed by atoms with E-state index in [4.69, 9.17) is 5.11 Å². The second kappa shape index (κ2) is 5.01. The third-order valence-electron chi connectivity index (χ3n) is 3.14. The molecule has 0 aromatic carbocycles. The number of aromatic nitrogens is 2. The van der Waals surface area contributed by atoms with Crippen LogP contribution in [0, 0.1) is 5.41 Å². The smallest absolute Gasteiger partial charge is 0.311 e. The van der Waals surface area contributed by atoms with Crippen molar-refractivity contribution in [2.75, 3.05) is 6.54 Å². The Morgan fingerprint density at radius 1 is 1.50 bits per heavy atom. The zero-order chi connectivity index (χ0) is 13.2. The number of carbonyl (C=O) groups excluding carboxylic acids is 1. The number of carboxylic acids is 1. The lowest BCUT2D eigenvalue weighted by molar-refractivity contribution is -0.143. The molecular weight excluding hydrogens is 254 g/mol. The number of aryl methyl sites for hydroxylation is 1. The molecule has 1 aliphatic carbocycles. The molecule has 1 amide bonds. The van der Waals surface area contributed by atoms with Crippen molar-refractivity contribution in [3.8, 4) is 0 Å². The van der Waals surface area contributed by atoms with E-state index in [0.717, 1.165) is 18.0 Å². The second-order valence-corrected chi connectivity index (χ2v) is 5.32. The Kier molecular flexibility index (Phi) is 3.60. The monoisotopic (exact) mass is 269 g/mol. The lowest BCUT2D eigenvalue weighted by Crippen LogP contribution is -2.34. The molecule has 18 heavy (non-hydrogen) atoms. The van der Waals surface area contributed by atoms with Crippen LogP contribution in [0.3, 0.4) is 0 Å². The number of amides is 1. The van der Waals surface area contributed by atoms with Crippen LogP contribution in [0.2, 0.25) is 0 Å². The molecule has 0 bridgehead atoms. The van der Waals surface area contributed by atoms with Crippen LogP contribution in [0.5, 0.6) is 0 Å². The molecule has 1 aromatic heterocycles. The Bertz CT molecular complexity index is 468. The Morgan fingerprint density at radius 2 is 2.22 bits per heavy atom. The molecule has 98 valence electrons. The average molecular weight is 269 g/mol. The number of hydrogen-bond donors (Lipinski definition) is 2. The molecule has 7 heteroatoms. The first-order chi connectivity index (χ1) is 8.59. The van der Waals surface area contributed by atoms with Gasteiger partial charge in [0.05, 0.1) is 11.1 Å². The number of hydrogen-bond acceptors (Lipinski definition) is 5. The Hall–Kier alpha value is -1.50. The highest BCUT2D eigenvalue weighted by molar-refractivity contribution is 7.08. The van der Waals surface area contributed by atoms with Crippen molar-refractivity contribution in [1.82, 2.24) is 14.9 Å². The number of nitrogens with zero attached hydrogens (tertiary/aromatic N) is 2. The second-order valence-electron chi connectivity index (χ2n) is 4.57. The van der Waals surface area contributed by atoms with Crippen molar-refractivity contribution in [1.29, 1.82) is 0 Å². The third-order valence-corrected chi connectivity index (χ3v) is 3.91. The molecule has 0 unspecified atom stereocenters. The van der Waals surface area contributed by atoms with Crippen molar-refractivity contribution < 1.29 is 14.7 Å². The zero-order valence-electron chi connectivity index (χ0n) is 10.1. The van der Waals surface area contributed by atoms with E-state index in [-0.39, 0.29) is 12.5 Å². The number of nitrogens with one attached hydrogen (secondary N) is 1. The number of carboxylic acid groups (broad SMARTS) is 1. The summed E-state index contributed by atoms with van der Waals surface area (Å²) in [5.41, 5.74) is -0.0428. The fourth-order valence-corrected chi connectivity index (χ4v) is 2.35. The summed E-state index contributed by atoms with van der Waals surface area (Å²) < 4.78 is 3.77. The number of aliphatic carboxylic acids is 1. The van der Waals surface area contributed by atoms with Gasteiger partial charge in [0.25, 0.3) is 5.91 Å². The van der Waals surface area contributed by atoms with Crippen molar-refractivity contribution in [2.45, 2.75) is 32.6 Å². The highest BCUT2D eigenvalue weighted by Gasteiger charge is 2.50. The van der Waals surface area contributed by atoms with Crippen LogP contribution in [-0.4, -0.2) is 33.1 Å². The highest BCUT2D eigenvalue weighted by atomic mass is 32.1. The maximum absolute atomic E-state index is 11.9. The van der Waals surface area contributed by atoms with Gasteiger partial charge in [-0.3, -0.25) is 9.59 Å². The zero-order valence-corrected chi connectivity index (χ0v) is 10.9. The third kappa shape index (κ3) is 2.50. The van der Waals surface area contributed by atoms with Crippen LogP contribution in [0.25, 0.3) is 0 Å². The van der Waals surface area contributed by atoms with E-state index in [2.05, 4.69) is 14.9 Å². The predicted molar refractivity (Wildman–Crippen MR) is 65.5 cm³/mol. The summed E-state index contributed by atoms with van der Waals surface area (Å²) >= 11 is 1.06. The van der Waals surface area contributed by atoms with E-state index >= 15 is 0 Å². The molecule has 1 fully saturated rings. The van der Waals surface area contributed by atoms with Gasteiger partial charge in [-0.1, -0.05) is 17.8 Å². The van der Waals surface area contributed by atoms with Crippen molar-refractivity contribution in [3.63, 3.8) is 0 Å². The van der Waals surface area contributed by atoms with Gasteiger partial charge >= 0.3 is 5.97 Å². The van der Waals surface area contributed by atoms with Crippen LogP contribution in [-0.2, 0) is 11.2 Å². The van der Waals surface area contributed by atoms with Crippen molar-refractivity contribution in [2.24, 2.45) is 5.41 Å². The van der Waals surface area contributed by atoms with Gasteiger partial charge in [-0.15, -0.1) is 5.10 Å². The van der Waals surface area contributed by atoms with Gasteiger partial charge in [-0.2, -0.15) is 0 Å². The first kappa shape index (κ1) is 12.9. The van der Waals surface area contributed by atoms with E-state index in [1.807, 2.05) is 6.92 Å². The fraction of sp³-hybridized carbons (Fsp3) is 0.636. The quantitative estimate of drug-likeness (QED) is 0.806. The fourth-order valence-electron chi connectivity index (χ4n) is 1.73. The normalized spacial score (nSPS) is 16.3. The lowest BCUT2D eigenvalue weighted by atomic mass is 10.1. The SMILES string of the molecule is CCCc1nnsc1C(=O)NCC1(C(=O)O)CC1. The van der Waals surface area contributed by atoms with Gasteiger partial charge in [0.1, 0.15) is 4.88 Å². The van der Waals surface area contributed by atoms with E-state index in [9.17, 15) is 9.59 Å². The van der Waals surface area contributed by atoms with Gasteiger partial charge in [0.2, 0.25) is 0 Å². The summed E-state index contributed by atoms with van der Waals surface area (Å²) in [7, 11) is 0. The van der Waals surface area contributed by atoms with Gasteiger partial charge < -0.3 is 10.4 Å². The van der Waals surface area contributed by atoms with E-state index in [0.29, 0.717) is 29.8 Å². The van der Waals surface area contributed by atoms with Crippen LogP contribution >= 0.6 is 11.5 Å². The molecule has 2 rings (SSSR count). The molecule has 1 aromatic rings. The number of rotatable bonds is 6. The standard InChI is InChI=1S/C11H15N3O3S/c1-2-3-7-8(18-14-13-7)9(15)12-6-11(4-5-11)10(16)17/h2-6H2,1H3,(H,12,15)(H,16,17). The molecule has 2 N–H and O–H groups in total. The van der Waals surface area contributed by atoms with E-state index in [1.54, 1.807) is 0 Å². The van der Waals surface area contributed by atoms with E-state index < -0.39 is 11.4 Å². The molecular formula is C11H15N3O3S. The Balaban J connectivity index is 1.96. The molecule has 0 atom stereocenters. The predicted octanol–water partition coefficient (Wildman–Crippen LogP) is 1.09. The van der Waals surface area contributed by atoms with Gasteiger partial charge in [-0.25, -0.2) is 0 Å². The summed E-state index contributed by atoms with van der Waals surface area (Å²) in [6, 6.07) is 0. The molecule has 0 spiro atoms. The minimum absolute atomic E-state index is 0.185. The number of carbonyl (C=O) groups is 2. The van der Waals surface area contributed by atoms with Crippen LogP contribution in [0.4, 0.5) is 0 Å². The molecule has 0 radical (unpaired) electrons. The summed E-state index contributed by atoms with van der Waals surface area (Å²) in [5.74, 6) is -1.10. The topological polar surface area (TPSA) is 92.2 Å². The summed E-state index contributed by atoms with van der Waals surface area (Å²) in [6.07, 6.45) is 2.87. The average Bonchev–Trinajstić information content (AvgIpc) is 3.00. The highest BCUT2D eigenvalue weighted by Crippen LogP contribution is 2.45. The minimum atomic E-state index is -0.834. The largest absolute Gasteiger partial charge is 0.481 e. The molecule has 1 heterocycles.